The predicted octanol–water partition coefficient (Wildman–Crippen LogP) is 3.44. The fourth-order valence-electron chi connectivity index (χ4n) is 1.93. The Balaban J connectivity index is 2.13. The Hall–Kier alpha value is -2.40. The Bertz CT molecular complexity index is 664. The largest absolute Gasteiger partial charge is 0.351 e. The van der Waals surface area contributed by atoms with E-state index in [-0.39, 0.29) is 17.5 Å². The molecule has 0 bridgehead atoms. The second-order valence-electron chi connectivity index (χ2n) is 5.00. The average Bonchev–Trinajstić information content (AvgIpc) is 3.08. The van der Waals surface area contributed by atoms with Crippen LogP contribution in [0.3, 0.4) is 0 Å². The van der Waals surface area contributed by atoms with Gasteiger partial charge in [-0.25, -0.2) is 0 Å². The molecule has 120 valence electrons. The van der Waals surface area contributed by atoms with Crippen LogP contribution in [0.25, 0.3) is 6.08 Å². The van der Waals surface area contributed by atoms with E-state index in [0.29, 0.717) is 12.1 Å². The molecule has 0 saturated heterocycles. The van der Waals surface area contributed by atoms with Crippen LogP contribution in [0.1, 0.15) is 35.0 Å². The van der Waals surface area contributed by atoms with Gasteiger partial charge in [0.05, 0.1) is 0 Å². The lowest BCUT2D eigenvalue weighted by Crippen LogP contribution is -2.35. The fraction of sp³-hybridized carbons (Fsp3) is 0.222. The van der Waals surface area contributed by atoms with Gasteiger partial charge in [0.2, 0.25) is 0 Å². The van der Waals surface area contributed by atoms with Crippen LogP contribution in [0.15, 0.2) is 53.5 Å². The molecule has 5 heteroatoms. The molecule has 2 N–H and O–H groups in total. The highest BCUT2D eigenvalue weighted by atomic mass is 32.1. The molecular weight excluding hydrogens is 308 g/mol. The first-order valence-corrected chi connectivity index (χ1v) is 8.48. The number of nitrogens with one attached hydrogen (secondary N) is 2. The van der Waals surface area contributed by atoms with E-state index in [1.807, 2.05) is 23.6 Å². The summed E-state index contributed by atoms with van der Waals surface area (Å²) in [6.45, 7) is 2.66. The number of rotatable bonds is 7. The lowest BCUT2D eigenvalue weighted by molar-refractivity contribution is -0.117. The number of benzene rings is 1. The molecule has 0 saturated carbocycles. The summed E-state index contributed by atoms with van der Waals surface area (Å²) < 4.78 is 0. The zero-order chi connectivity index (χ0) is 16.5. The van der Waals surface area contributed by atoms with Gasteiger partial charge in [0.25, 0.3) is 11.8 Å². The van der Waals surface area contributed by atoms with Crippen molar-refractivity contribution in [2.75, 3.05) is 6.54 Å². The van der Waals surface area contributed by atoms with Crippen molar-refractivity contribution in [2.45, 2.75) is 19.8 Å². The van der Waals surface area contributed by atoms with Crippen molar-refractivity contribution in [1.29, 1.82) is 0 Å². The summed E-state index contributed by atoms with van der Waals surface area (Å²) in [6.07, 6.45) is 3.61. The van der Waals surface area contributed by atoms with Crippen LogP contribution >= 0.6 is 11.3 Å². The molecule has 0 aliphatic carbocycles. The van der Waals surface area contributed by atoms with Gasteiger partial charge in [-0.3, -0.25) is 9.59 Å². The van der Waals surface area contributed by atoms with Gasteiger partial charge < -0.3 is 10.6 Å². The molecule has 0 unspecified atom stereocenters. The van der Waals surface area contributed by atoms with Crippen LogP contribution in [0.2, 0.25) is 0 Å². The van der Waals surface area contributed by atoms with Gasteiger partial charge in [-0.2, -0.15) is 0 Å². The van der Waals surface area contributed by atoms with E-state index in [1.54, 1.807) is 30.3 Å². The van der Waals surface area contributed by atoms with Gasteiger partial charge in [0.1, 0.15) is 5.70 Å². The van der Waals surface area contributed by atoms with Gasteiger partial charge in [0.15, 0.2) is 0 Å². The van der Waals surface area contributed by atoms with E-state index in [0.717, 1.165) is 17.7 Å². The number of carbonyl (C=O) groups is 2. The van der Waals surface area contributed by atoms with E-state index < -0.39 is 0 Å². The second-order valence-corrected chi connectivity index (χ2v) is 5.98. The summed E-state index contributed by atoms with van der Waals surface area (Å²) in [5.74, 6) is -0.560. The van der Waals surface area contributed by atoms with Gasteiger partial charge in [-0.05, 0) is 36.1 Å². The van der Waals surface area contributed by atoms with Crippen LogP contribution in [0.4, 0.5) is 0 Å². The first-order chi connectivity index (χ1) is 11.2. The molecule has 23 heavy (non-hydrogen) atoms. The second kappa shape index (κ2) is 8.90. The molecule has 0 radical (unpaired) electrons. The molecule has 0 atom stereocenters. The molecule has 2 amide bonds. The third-order valence-corrected chi connectivity index (χ3v) is 3.99. The number of amides is 2. The highest BCUT2D eigenvalue weighted by molar-refractivity contribution is 7.10. The van der Waals surface area contributed by atoms with E-state index in [2.05, 4.69) is 17.6 Å². The Morgan fingerprint density at radius 3 is 2.57 bits per heavy atom. The smallest absolute Gasteiger partial charge is 0.267 e. The molecule has 0 spiro atoms. The quantitative estimate of drug-likeness (QED) is 0.604. The molecule has 1 aromatic carbocycles. The third-order valence-electron chi connectivity index (χ3n) is 3.17. The number of hydrogen-bond donors (Lipinski definition) is 2. The summed E-state index contributed by atoms with van der Waals surface area (Å²) in [5, 5.41) is 7.48. The summed E-state index contributed by atoms with van der Waals surface area (Å²) in [6, 6.07) is 12.7. The lowest BCUT2D eigenvalue weighted by Gasteiger charge is -2.10. The van der Waals surface area contributed by atoms with Crippen LogP contribution in [0.5, 0.6) is 0 Å². The number of thiophene rings is 1. The lowest BCUT2D eigenvalue weighted by atomic mass is 10.2. The van der Waals surface area contributed by atoms with Crippen molar-refractivity contribution in [3.8, 4) is 0 Å². The first kappa shape index (κ1) is 17.0. The van der Waals surface area contributed by atoms with Crippen LogP contribution < -0.4 is 10.6 Å². The van der Waals surface area contributed by atoms with Gasteiger partial charge in [0, 0.05) is 17.0 Å². The van der Waals surface area contributed by atoms with E-state index in [1.165, 1.54) is 11.3 Å². The monoisotopic (exact) mass is 328 g/mol. The molecule has 0 fully saturated rings. The maximum atomic E-state index is 12.3. The first-order valence-electron chi connectivity index (χ1n) is 7.60. The molecule has 4 nitrogen and oxygen atoms in total. The fourth-order valence-corrected chi connectivity index (χ4v) is 2.59. The van der Waals surface area contributed by atoms with Crippen molar-refractivity contribution >= 4 is 29.2 Å². The van der Waals surface area contributed by atoms with Crippen molar-refractivity contribution in [2.24, 2.45) is 0 Å². The molecule has 2 aromatic rings. The number of unbranched alkanes of at least 4 members (excludes halogenated alkanes) is 1. The maximum Gasteiger partial charge on any atom is 0.267 e. The summed E-state index contributed by atoms with van der Waals surface area (Å²) >= 11 is 1.51. The van der Waals surface area contributed by atoms with E-state index in [4.69, 9.17) is 0 Å². The minimum absolute atomic E-state index is 0.261. The van der Waals surface area contributed by atoms with Gasteiger partial charge in [-0.1, -0.05) is 37.6 Å². The van der Waals surface area contributed by atoms with E-state index in [9.17, 15) is 9.59 Å². The highest BCUT2D eigenvalue weighted by Gasteiger charge is 2.14. The predicted molar refractivity (Wildman–Crippen MR) is 94.1 cm³/mol. The van der Waals surface area contributed by atoms with Crippen LogP contribution in [-0.2, 0) is 4.79 Å². The summed E-state index contributed by atoms with van der Waals surface area (Å²) in [5.41, 5.74) is 0.781. The van der Waals surface area contributed by atoms with Gasteiger partial charge >= 0.3 is 0 Å². The molecular formula is C18H20N2O2S. The Kier molecular flexibility index (Phi) is 6.56. The topological polar surface area (TPSA) is 58.2 Å². The summed E-state index contributed by atoms with van der Waals surface area (Å²) in [7, 11) is 0. The Morgan fingerprint density at radius 1 is 1.13 bits per heavy atom. The normalized spacial score (nSPS) is 11.1. The molecule has 1 heterocycles. The van der Waals surface area contributed by atoms with Crippen molar-refractivity contribution in [3.63, 3.8) is 0 Å². The molecule has 0 aliphatic heterocycles. The zero-order valence-corrected chi connectivity index (χ0v) is 13.9. The zero-order valence-electron chi connectivity index (χ0n) is 13.0. The van der Waals surface area contributed by atoms with E-state index >= 15 is 0 Å². The third kappa shape index (κ3) is 5.38. The van der Waals surface area contributed by atoms with Crippen molar-refractivity contribution in [3.05, 3.63) is 64.0 Å². The maximum absolute atomic E-state index is 12.3. The Labute approximate surface area is 140 Å². The van der Waals surface area contributed by atoms with Gasteiger partial charge in [-0.15, -0.1) is 11.3 Å². The van der Waals surface area contributed by atoms with Crippen molar-refractivity contribution in [1.82, 2.24) is 10.6 Å². The molecule has 2 rings (SSSR count). The molecule has 0 aliphatic rings. The van der Waals surface area contributed by atoms with Crippen molar-refractivity contribution < 1.29 is 9.59 Å². The average molecular weight is 328 g/mol. The molecule has 1 aromatic heterocycles. The minimum Gasteiger partial charge on any atom is -0.351 e. The highest BCUT2D eigenvalue weighted by Crippen LogP contribution is 2.13. The van der Waals surface area contributed by atoms with Crippen LogP contribution in [-0.4, -0.2) is 18.4 Å². The Morgan fingerprint density at radius 2 is 1.91 bits per heavy atom. The van der Waals surface area contributed by atoms with Crippen LogP contribution in [0, 0.1) is 0 Å². The minimum atomic E-state index is -0.293. The standard InChI is InChI=1S/C18H20N2O2S/c1-2-3-11-19-18(22)16(13-15-10-7-12-23-15)20-17(21)14-8-5-4-6-9-14/h4-10,12-13H,2-3,11H2,1H3,(H,19,22)(H,20,21)/b16-13+. The SMILES string of the molecule is CCCCNC(=O)/C(=C\c1cccs1)NC(=O)c1ccccc1. The summed E-state index contributed by atoms with van der Waals surface area (Å²) in [4.78, 5) is 25.5. The number of hydrogen-bond acceptors (Lipinski definition) is 3. The number of carbonyl (C=O) groups excluding carboxylic acids is 2.